The SMILES string of the molecule is COc1cccc(C(=O)Oc2ccc(/C=N/NC(=O)C(=O)Nc3cccc(C(F)(F)F)c3)cc2)c1. The Hall–Kier alpha value is -4.67. The summed E-state index contributed by atoms with van der Waals surface area (Å²) < 4.78 is 48.6. The standard InChI is InChI=1S/C24H18F3N3O5/c1-34-20-7-2-4-16(12-20)23(33)35-19-10-8-15(9-11-19)14-28-30-22(32)21(31)29-18-6-3-5-17(13-18)24(25,26)27/h2-14H,1H3,(H,29,31)(H,30,32)/b28-14+. The molecule has 0 aromatic heterocycles. The van der Waals surface area contributed by atoms with Crippen LogP contribution in [0.4, 0.5) is 18.9 Å². The zero-order valence-electron chi connectivity index (χ0n) is 18.1. The van der Waals surface area contributed by atoms with Gasteiger partial charge in [0.1, 0.15) is 11.5 Å². The van der Waals surface area contributed by atoms with Crippen LogP contribution in [-0.4, -0.2) is 31.1 Å². The second kappa shape index (κ2) is 11.0. The fourth-order valence-electron chi connectivity index (χ4n) is 2.72. The Morgan fingerprint density at radius 1 is 0.886 bits per heavy atom. The molecule has 0 unspecified atom stereocenters. The third kappa shape index (κ3) is 7.16. The van der Waals surface area contributed by atoms with Crippen LogP contribution in [0.2, 0.25) is 0 Å². The summed E-state index contributed by atoms with van der Waals surface area (Å²) in [5, 5.41) is 5.70. The molecule has 2 N–H and O–H groups in total. The quantitative estimate of drug-likeness (QED) is 0.180. The van der Waals surface area contributed by atoms with Gasteiger partial charge in [-0.25, -0.2) is 10.2 Å². The fourth-order valence-corrected chi connectivity index (χ4v) is 2.72. The molecule has 0 fully saturated rings. The van der Waals surface area contributed by atoms with E-state index in [1.165, 1.54) is 37.6 Å². The number of anilines is 1. The van der Waals surface area contributed by atoms with Gasteiger partial charge in [-0.3, -0.25) is 9.59 Å². The smallest absolute Gasteiger partial charge is 0.416 e. The molecule has 35 heavy (non-hydrogen) atoms. The molecule has 11 heteroatoms. The van der Waals surface area contributed by atoms with Crippen molar-refractivity contribution in [2.75, 3.05) is 12.4 Å². The molecule has 0 aliphatic carbocycles. The number of carbonyl (C=O) groups excluding carboxylic acids is 3. The summed E-state index contributed by atoms with van der Waals surface area (Å²) in [6.45, 7) is 0. The van der Waals surface area contributed by atoms with Crippen molar-refractivity contribution in [3.8, 4) is 11.5 Å². The van der Waals surface area contributed by atoms with Crippen molar-refractivity contribution in [2.45, 2.75) is 6.18 Å². The third-order valence-electron chi connectivity index (χ3n) is 4.43. The first-order valence-corrected chi connectivity index (χ1v) is 9.93. The van der Waals surface area contributed by atoms with Crippen molar-refractivity contribution in [3.63, 3.8) is 0 Å². The summed E-state index contributed by atoms with van der Waals surface area (Å²) >= 11 is 0. The maximum absolute atomic E-state index is 12.7. The molecule has 3 rings (SSSR count). The summed E-state index contributed by atoms with van der Waals surface area (Å²) in [7, 11) is 1.48. The van der Waals surface area contributed by atoms with Crippen LogP contribution < -0.4 is 20.2 Å². The van der Waals surface area contributed by atoms with Crippen LogP contribution in [0.25, 0.3) is 0 Å². The van der Waals surface area contributed by atoms with E-state index in [1.807, 2.05) is 5.43 Å². The van der Waals surface area contributed by atoms with Gasteiger partial charge in [0.15, 0.2) is 0 Å². The highest BCUT2D eigenvalue weighted by Gasteiger charge is 2.30. The van der Waals surface area contributed by atoms with Crippen LogP contribution in [0.15, 0.2) is 77.9 Å². The van der Waals surface area contributed by atoms with E-state index < -0.39 is 29.5 Å². The number of nitrogens with zero attached hydrogens (tertiary/aromatic N) is 1. The molecule has 8 nitrogen and oxygen atoms in total. The van der Waals surface area contributed by atoms with Crippen LogP contribution in [0.1, 0.15) is 21.5 Å². The summed E-state index contributed by atoms with van der Waals surface area (Å²) in [5.41, 5.74) is 1.63. The van der Waals surface area contributed by atoms with Crippen molar-refractivity contribution in [1.82, 2.24) is 5.43 Å². The molecule has 0 bridgehead atoms. The van der Waals surface area contributed by atoms with E-state index in [9.17, 15) is 27.6 Å². The molecule has 180 valence electrons. The van der Waals surface area contributed by atoms with Crippen molar-refractivity contribution >= 4 is 29.7 Å². The van der Waals surface area contributed by atoms with E-state index >= 15 is 0 Å². The molecule has 0 spiro atoms. The number of benzene rings is 3. The van der Waals surface area contributed by atoms with E-state index in [1.54, 1.807) is 30.3 Å². The average Bonchev–Trinajstić information content (AvgIpc) is 2.84. The second-order valence-electron chi connectivity index (χ2n) is 6.92. The molecule has 0 aliphatic rings. The normalized spacial score (nSPS) is 11.1. The monoisotopic (exact) mass is 485 g/mol. The largest absolute Gasteiger partial charge is 0.497 e. The molecular formula is C24H18F3N3O5. The number of carbonyl (C=O) groups is 3. The summed E-state index contributed by atoms with van der Waals surface area (Å²) in [6, 6.07) is 16.4. The Morgan fingerprint density at radius 2 is 1.60 bits per heavy atom. The Labute approximate surface area is 197 Å². The van der Waals surface area contributed by atoms with Gasteiger partial charge in [-0.05, 0) is 66.2 Å². The van der Waals surface area contributed by atoms with Crippen LogP contribution in [0, 0.1) is 0 Å². The molecule has 0 aliphatic heterocycles. The summed E-state index contributed by atoms with van der Waals surface area (Å²) in [5.74, 6) is -2.18. The lowest BCUT2D eigenvalue weighted by molar-refractivity contribution is -0.137. The molecule has 0 saturated heterocycles. The minimum Gasteiger partial charge on any atom is -0.497 e. The lowest BCUT2D eigenvalue weighted by atomic mass is 10.2. The van der Waals surface area contributed by atoms with Crippen LogP contribution in [0.5, 0.6) is 11.5 Å². The number of hydrogen-bond acceptors (Lipinski definition) is 6. The van der Waals surface area contributed by atoms with E-state index in [0.29, 0.717) is 22.9 Å². The Morgan fingerprint density at radius 3 is 2.29 bits per heavy atom. The van der Waals surface area contributed by atoms with Gasteiger partial charge in [0, 0.05) is 5.69 Å². The number of hydrogen-bond donors (Lipinski definition) is 2. The first-order valence-electron chi connectivity index (χ1n) is 9.93. The average molecular weight is 485 g/mol. The van der Waals surface area contributed by atoms with Crippen LogP contribution in [-0.2, 0) is 15.8 Å². The van der Waals surface area contributed by atoms with Crippen LogP contribution >= 0.6 is 0 Å². The van der Waals surface area contributed by atoms with Gasteiger partial charge in [-0.2, -0.15) is 18.3 Å². The minimum absolute atomic E-state index is 0.192. The van der Waals surface area contributed by atoms with Gasteiger partial charge in [-0.1, -0.05) is 12.1 Å². The van der Waals surface area contributed by atoms with Crippen molar-refractivity contribution in [3.05, 3.63) is 89.5 Å². The number of esters is 1. The number of methoxy groups -OCH3 is 1. The van der Waals surface area contributed by atoms with Crippen LogP contribution in [0.3, 0.4) is 0 Å². The number of amides is 2. The topological polar surface area (TPSA) is 106 Å². The molecule has 3 aromatic rings. The summed E-state index contributed by atoms with van der Waals surface area (Å²) in [6.07, 6.45) is -3.36. The Kier molecular flexibility index (Phi) is 7.82. The second-order valence-corrected chi connectivity index (χ2v) is 6.92. The fraction of sp³-hybridized carbons (Fsp3) is 0.0833. The molecule has 0 saturated carbocycles. The zero-order chi connectivity index (χ0) is 25.4. The van der Waals surface area contributed by atoms with Gasteiger partial charge in [0.2, 0.25) is 0 Å². The number of ether oxygens (including phenoxy) is 2. The molecular weight excluding hydrogens is 467 g/mol. The Balaban J connectivity index is 1.52. The number of rotatable bonds is 6. The number of halogens is 3. The molecule has 0 radical (unpaired) electrons. The van der Waals surface area contributed by atoms with Crippen molar-refractivity contribution < 1.29 is 37.0 Å². The summed E-state index contributed by atoms with van der Waals surface area (Å²) in [4.78, 5) is 36.0. The van der Waals surface area contributed by atoms with Gasteiger partial charge < -0.3 is 14.8 Å². The third-order valence-corrected chi connectivity index (χ3v) is 4.43. The minimum atomic E-state index is -4.59. The maximum atomic E-state index is 12.7. The highest BCUT2D eigenvalue weighted by Crippen LogP contribution is 2.30. The van der Waals surface area contributed by atoms with E-state index in [-0.39, 0.29) is 11.4 Å². The lowest BCUT2D eigenvalue weighted by Gasteiger charge is -2.09. The highest BCUT2D eigenvalue weighted by atomic mass is 19.4. The van der Waals surface area contributed by atoms with E-state index in [4.69, 9.17) is 9.47 Å². The number of hydrazone groups is 1. The lowest BCUT2D eigenvalue weighted by Crippen LogP contribution is -2.32. The van der Waals surface area contributed by atoms with E-state index in [2.05, 4.69) is 10.4 Å². The predicted octanol–water partition coefficient (Wildman–Crippen LogP) is 4.02. The Bertz CT molecular complexity index is 1260. The van der Waals surface area contributed by atoms with Crippen molar-refractivity contribution in [1.29, 1.82) is 0 Å². The molecule has 0 heterocycles. The zero-order valence-corrected chi connectivity index (χ0v) is 18.1. The van der Waals surface area contributed by atoms with Gasteiger partial charge in [-0.15, -0.1) is 0 Å². The van der Waals surface area contributed by atoms with Crippen molar-refractivity contribution in [2.24, 2.45) is 5.10 Å². The van der Waals surface area contributed by atoms with Gasteiger partial charge in [0.25, 0.3) is 0 Å². The first kappa shape index (κ1) is 25.0. The molecule has 0 atom stereocenters. The maximum Gasteiger partial charge on any atom is 0.416 e. The van der Waals surface area contributed by atoms with Gasteiger partial charge in [0.05, 0.1) is 24.5 Å². The number of nitrogens with one attached hydrogen (secondary N) is 2. The highest BCUT2D eigenvalue weighted by molar-refractivity contribution is 6.39. The molecule has 3 aromatic carbocycles. The first-order chi connectivity index (χ1) is 16.7. The molecule has 2 amide bonds. The van der Waals surface area contributed by atoms with E-state index in [0.717, 1.165) is 12.1 Å². The number of alkyl halides is 3. The van der Waals surface area contributed by atoms with Gasteiger partial charge >= 0.3 is 24.0 Å². The predicted molar refractivity (Wildman–Crippen MR) is 120 cm³/mol.